The Hall–Kier alpha value is -2.46. The second kappa shape index (κ2) is 7.42. The molecule has 3 rings (SSSR count). The second-order valence-electron chi connectivity index (χ2n) is 6.28. The van der Waals surface area contributed by atoms with Crippen molar-refractivity contribution in [2.24, 2.45) is 0 Å². The van der Waals surface area contributed by atoms with E-state index in [4.69, 9.17) is 11.6 Å². The van der Waals surface area contributed by atoms with Crippen LogP contribution in [0.3, 0.4) is 0 Å². The molecule has 156 valence electrons. The highest BCUT2D eigenvalue weighted by atomic mass is 35.5. The van der Waals surface area contributed by atoms with E-state index in [1.807, 2.05) is 0 Å². The number of allylic oxidation sites excluding steroid dienone is 3. The minimum atomic E-state index is -4.83. The summed E-state index contributed by atoms with van der Waals surface area (Å²) in [6, 6.07) is 0.396. The Morgan fingerprint density at radius 1 is 1.21 bits per heavy atom. The average molecular weight is 438 g/mol. The summed E-state index contributed by atoms with van der Waals surface area (Å²) in [7, 11) is 0. The van der Waals surface area contributed by atoms with Gasteiger partial charge in [0.25, 0.3) is 0 Å². The lowest BCUT2D eigenvalue weighted by molar-refractivity contribution is -0.147. The summed E-state index contributed by atoms with van der Waals surface area (Å²) in [6.45, 7) is 1.70. The van der Waals surface area contributed by atoms with Gasteiger partial charge in [-0.15, -0.1) is 0 Å². The SMILES string of the molecule is CCc1cc(C2=C(C(F)(F)F)C=CC3=CC(C(F)(F)F)NN32)cc(Cl)c1NC=O. The molecule has 29 heavy (non-hydrogen) atoms. The van der Waals surface area contributed by atoms with Gasteiger partial charge in [0.15, 0.2) is 0 Å². The number of carbonyl (C=O) groups is 1. The molecule has 1 aromatic carbocycles. The van der Waals surface area contributed by atoms with Gasteiger partial charge in [0.05, 0.1) is 27.7 Å². The zero-order valence-corrected chi connectivity index (χ0v) is 15.5. The fourth-order valence-electron chi connectivity index (χ4n) is 3.17. The first-order chi connectivity index (χ1) is 13.5. The Kier molecular flexibility index (Phi) is 5.44. The maximum Gasteiger partial charge on any atom is 0.418 e. The Balaban J connectivity index is 2.19. The van der Waals surface area contributed by atoms with Crippen LogP contribution >= 0.6 is 11.6 Å². The average Bonchev–Trinajstić information content (AvgIpc) is 3.06. The molecule has 2 aliphatic heterocycles. The molecule has 2 N–H and O–H groups in total. The molecule has 2 aliphatic rings. The monoisotopic (exact) mass is 437 g/mol. The fourth-order valence-corrected chi connectivity index (χ4v) is 3.46. The standard InChI is InChI=1S/C18H14ClF6N3O/c1-2-9-5-10(6-13(19)15(9)26-8-29)16-12(17(20,21)22)4-3-11-7-14(18(23,24)25)27-28(11)16/h3-8,14,27H,2H2,1H3,(H,26,29). The summed E-state index contributed by atoms with van der Waals surface area (Å²) >= 11 is 6.14. The lowest BCUT2D eigenvalue weighted by Crippen LogP contribution is -2.44. The summed E-state index contributed by atoms with van der Waals surface area (Å²) in [5, 5.41) is 3.11. The molecule has 0 saturated heterocycles. The van der Waals surface area contributed by atoms with Crippen molar-refractivity contribution in [3.63, 3.8) is 0 Å². The van der Waals surface area contributed by atoms with E-state index >= 15 is 0 Å². The van der Waals surface area contributed by atoms with E-state index in [0.717, 1.165) is 23.2 Å². The highest BCUT2D eigenvalue weighted by Crippen LogP contribution is 2.43. The van der Waals surface area contributed by atoms with Gasteiger partial charge in [0, 0.05) is 5.56 Å². The molecular formula is C18H14ClF6N3O. The molecule has 0 saturated carbocycles. The highest BCUT2D eigenvalue weighted by molar-refractivity contribution is 6.34. The smallest absolute Gasteiger partial charge is 0.327 e. The van der Waals surface area contributed by atoms with Crippen LogP contribution < -0.4 is 10.7 Å². The molecule has 0 spiro atoms. The van der Waals surface area contributed by atoms with Crippen LogP contribution in [-0.2, 0) is 11.2 Å². The van der Waals surface area contributed by atoms with Crippen molar-refractivity contribution < 1.29 is 31.1 Å². The maximum atomic E-state index is 13.7. The van der Waals surface area contributed by atoms with Gasteiger partial charge in [-0.2, -0.15) is 26.3 Å². The molecule has 1 aromatic rings. The molecule has 0 radical (unpaired) electrons. The van der Waals surface area contributed by atoms with E-state index < -0.39 is 29.7 Å². The highest BCUT2D eigenvalue weighted by Gasteiger charge is 2.47. The van der Waals surface area contributed by atoms with Crippen LogP contribution in [0, 0.1) is 0 Å². The Morgan fingerprint density at radius 2 is 1.90 bits per heavy atom. The zero-order valence-electron chi connectivity index (χ0n) is 14.7. The number of alkyl halides is 6. The molecule has 0 fully saturated rings. The minimum Gasteiger partial charge on any atom is -0.327 e. The fraction of sp³-hybridized carbons (Fsp3) is 0.278. The Morgan fingerprint density at radius 3 is 2.45 bits per heavy atom. The lowest BCUT2D eigenvalue weighted by Gasteiger charge is -2.32. The lowest BCUT2D eigenvalue weighted by atomic mass is 9.98. The molecular weight excluding hydrogens is 424 g/mol. The number of nitrogens with zero attached hydrogens (tertiary/aromatic N) is 1. The topological polar surface area (TPSA) is 44.4 Å². The third-order valence-electron chi connectivity index (χ3n) is 4.45. The van der Waals surface area contributed by atoms with Crippen LogP contribution in [0.15, 0.2) is 41.6 Å². The summed E-state index contributed by atoms with van der Waals surface area (Å²) in [4.78, 5) is 10.8. The summed E-state index contributed by atoms with van der Waals surface area (Å²) in [5.74, 6) is 0. The number of carbonyl (C=O) groups excluding carboxylic acids is 1. The molecule has 0 bridgehead atoms. The first-order valence-electron chi connectivity index (χ1n) is 8.34. The number of hydrogen-bond acceptors (Lipinski definition) is 3. The largest absolute Gasteiger partial charge is 0.418 e. The first-order valence-corrected chi connectivity index (χ1v) is 8.72. The third kappa shape index (κ3) is 3.99. The Labute approximate surface area is 166 Å². The predicted octanol–water partition coefficient (Wildman–Crippen LogP) is 4.95. The van der Waals surface area contributed by atoms with Crippen molar-refractivity contribution in [2.45, 2.75) is 31.7 Å². The molecule has 0 aliphatic carbocycles. The quantitative estimate of drug-likeness (QED) is 0.517. The summed E-state index contributed by atoms with van der Waals surface area (Å²) in [6.07, 6.45) is -6.32. The number of benzene rings is 1. The van der Waals surface area contributed by atoms with Gasteiger partial charge in [-0.05, 0) is 42.3 Å². The van der Waals surface area contributed by atoms with Gasteiger partial charge < -0.3 is 5.32 Å². The zero-order chi connectivity index (χ0) is 21.6. The van der Waals surface area contributed by atoms with E-state index in [0.29, 0.717) is 18.4 Å². The number of aryl methyl sites for hydroxylation is 1. The van der Waals surface area contributed by atoms with Crippen molar-refractivity contribution >= 4 is 29.4 Å². The van der Waals surface area contributed by atoms with Crippen molar-refractivity contribution in [1.82, 2.24) is 10.4 Å². The van der Waals surface area contributed by atoms with Crippen LogP contribution in [0.4, 0.5) is 32.0 Å². The van der Waals surface area contributed by atoms with Gasteiger partial charge in [-0.1, -0.05) is 18.5 Å². The van der Waals surface area contributed by atoms with Crippen molar-refractivity contribution in [3.8, 4) is 0 Å². The third-order valence-corrected chi connectivity index (χ3v) is 4.75. The number of fused-ring (bicyclic) bond motifs is 1. The van der Waals surface area contributed by atoms with E-state index in [-0.39, 0.29) is 22.0 Å². The number of anilines is 1. The van der Waals surface area contributed by atoms with Gasteiger partial charge in [0.2, 0.25) is 6.41 Å². The number of hydrogen-bond donors (Lipinski definition) is 2. The van der Waals surface area contributed by atoms with E-state index in [1.165, 1.54) is 12.1 Å². The minimum absolute atomic E-state index is 0.0351. The number of amides is 1. The van der Waals surface area contributed by atoms with Gasteiger partial charge in [-0.3, -0.25) is 9.80 Å². The van der Waals surface area contributed by atoms with Gasteiger partial charge >= 0.3 is 12.4 Å². The summed E-state index contributed by atoms with van der Waals surface area (Å²) in [5.41, 5.74) is 0.988. The first kappa shape index (κ1) is 21.3. The molecule has 1 unspecified atom stereocenters. The molecule has 4 nitrogen and oxygen atoms in total. The molecule has 2 heterocycles. The number of rotatable bonds is 4. The Bertz CT molecular complexity index is 933. The molecule has 1 atom stereocenters. The van der Waals surface area contributed by atoms with Crippen molar-refractivity contribution in [2.75, 3.05) is 5.32 Å². The van der Waals surface area contributed by atoms with Crippen LogP contribution in [0.5, 0.6) is 0 Å². The van der Waals surface area contributed by atoms with E-state index in [1.54, 1.807) is 6.92 Å². The summed E-state index contributed by atoms with van der Waals surface area (Å²) < 4.78 is 80.3. The van der Waals surface area contributed by atoms with Gasteiger partial charge in [0.1, 0.15) is 6.04 Å². The maximum absolute atomic E-state index is 13.7. The predicted molar refractivity (Wildman–Crippen MR) is 95.5 cm³/mol. The van der Waals surface area contributed by atoms with Crippen molar-refractivity contribution in [3.05, 3.63) is 57.8 Å². The van der Waals surface area contributed by atoms with Crippen LogP contribution in [0.1, 0.15) is 18.1 Å². The molecule has 11 heteroatoms. The van der Waals surface area contributed by atoms with Gasteiger partial charge in [-0.25, -0.2) is 5.43 Å². The molecule has 0 aromatic heterocycles. The molecule has 1 amide bonds. The van der Waals surface area contributed by atoms with Crippen molar-refractivity contribution in [1.29, 1.82) is 0 Å². The second-order valence-corrected chi connectivity index (χ2v) is 6.68. The van der Waals surface area contributed by atoms with Crippen LogP contribution in [0.25, 0.3) is 5.70 Å². The number of nitrogens with one attached hydrogen (secondary N) is 2. The number of halogens is 7. The number of hydrazine groups is 1. The van der Waals surface area contributed by atoms with E-state index in [9.17, 15) is 31.1 Å². The normalized spacial score (nSPS) is 19.4. The van der Waals surface area contributed by atoms with Crippen LogP contribution in [-0.4, -0.2) is 29.8 Å². The van der Waals surface area contributed by atoms with Crippen LogP contribution in [0.2, 0.25) is 5.02 Å². The van der Waals surface area contributed by atoms with E-state index in [2.05, 4.69) is 10.7 Å².